The van der Waals surface area contributed by atoms with Gasteiger partial charge >= 0.3 is 18.2 Å². The Morgan fingerprint density at radius 3 is 2.50 bits per heavy atom. The van der Waals surface area contributed by atoms with Crippen LogP contribution in [0, 0.1) is 11.8 Å². The second-order valence-corrected chi connectivity index (χ2v) is 8.68. The Bertz CT molecular complexity index is 1760. The molecule has 3 aromatic carbocycles. The number of anilines is 2. The van der Waals surface area contributed by atoms with Crippen molar-refractivity contribution in [2.45, 2.75) is 13.1 Å². The summed E-state index contributed by atoms with van der Waals surface area (Å²) in [6.45, 7) is 0.817. The summed E-state index contributed by atoms with van der Waals surface area (Å²) in [4.78, 5) is 40.1. The highest BCUT2D eigenvalue weighted by Crippen LogP contribution is 2.35. The van der Waals surface area contributed by atoms with Gasteiger partial charge in [-0.25, -0.2) is 9.78 Å². The number of ether oxygens (including phenoxy) is 3. The zero-order valence-corrected chi connectivity index (χ0v) is 22.2. The molecular weight excluding hydrogens is 557 g/mol. The number of urea groups is 1. The molecule has 1 heterocycles. The molecule has 0 saturated heterocycles. The third kappa shape index (κ3) is 7.79. The number of fused-ring (bicyclic) bond motifs is 1. The molecule has 0 aliphatic heterocycles. The highest BCUT2D eigenvalue weighted by Gasteiger charge is 2.31. The minimum absolute atomic E-state index is 0.0612. The van der Waals surface area contributed by atoms with E-state index < -0.39 is 23.7 Å². The van der Waals surface area contributed by atoms with Crippen LogP contribution < -0.4 is 25.7 Å². The summed E-state index contributed by atoms with van der Waals surface area (Å²) in [6, 6.07) is 12.8. The number of benzene rings is 3. The van der Waals surface area contributed by atoms with Crippen molar-refractivity contribution >= 4 is 34.3 Å². The van der Waals surface area contributed by atoms with Crippen LogP contribution in [0.3, 0.4) is 0 Å². The minimum Gasteiger partial charge on any atom is -0.479 e. The van der Waals surface area contributed by atoms with Crippen molar-refractivity contribution in [2.24, 2.45) is 7.05 Å². The Morgan fingerprint density at radius 1 is 0.976 bits per heavy atom. The van der Waals surface area contributed by atoms with Gasteiger partial charge in [0.15, 0.2) is 6.61 Å². The molecule has 0 atom stereocenters. The highest BCUT2D eigenvalue weighted by molar-refractivity contribution is 6.00. The number of rotatable bonds is 7. The standard InChI is InChI=1S/C29H23F3N4O6/c1-18(37)40-12-3-4-13-41-26-11-8-19(29(30,31)32)14-25(26)35-28(39)34-20-6-5-7-21(15-20)42-22-9-10-24-23(16-22)27(38)36(2)17-33-24/h5-11,14-17H,12-13H2,1-2H3,(H2,34,35,39). The molecule has 0 fully saturated rings. The van der Waals surface area contributed by atoms with E-state index in [0.717, 1.165) is 18.2 Å². The van der Waals surface area contributed by atoms with Crippen LogP contribution in [0.15, 0.2) is 71.8 Å². The van der Waals surface area contributed by atoms with E-state index in [1.807, 2.05) is 0 Å². The Morgan fingerprint density at radius 2 is 1.74 bits per heavy atom. The number of nitrogens with zero attached hydrogens (tertiary/aromatic N) is 2. The molecule has 216 valence electrons. The molecule has 4 aromatic rings. The lowest BCUT2D eigenvalue weighted by Gasteiger charge is -2.15. The first-order valence-corrected chi connectivity index (χ1v) is 12.2. The number of aryl methyl sites for hydroxylation is 1. The van der Waals surface area contributed by atoms with Gasteiger partial charge in [0, 0.05) is 25.7 Å². The van der Waals surface area contributed by atoms with Gasteiger partial charge in [-0.2, -0.15) is 13.2 Å². The zero-order chi connectivity index (χ0) is 30.3. The van der Waals surface area contributed by atoms with Gasteiger partial charge in [0.05, 0.1) is 28.5 Å². The molecule has 0 bridgehead atoms. The molecule has 0 aliphatic rings. The molecular formula is C29H23F3N4O6. The molecule has 13 heteroatoms. The average Bonchev–Trinajstić information content (AvgIpc) is 2.93. The van der Waals surface area contributed by atoms with Crippen LogP contribution in [0.25, 0.3) is 10.9 Å². The van der Waals surface area contributed by atoms with Crippen molar-refractivity contribution in [2.75, 3.05) is 23.8 Å². The van der Waals surface area contributed by atoms with Gasteiger partial charge in [0.25, 0.3) is 5.56 Å². The van der Waals surface area contributed by atoms with Crippen molar-refractivity contribution in [3.63, 3.8) is 0 Å². The second kappa shape index (κ2) is 12.8. The summed E-state index contributed by atoms with van der Waals surface area (Å²) >= 11 is 0. The fourth-order valence-corrected chi connectivity index (χ4v) is 3.60. The molecule has 1 aromatic heterocycles. The van der Waals surface area contributed by atoms with Crippen molar-refractivity contribution in [1.29, 1.82) is 0 Å². The molecule has 10 nitrogen and oxygen atoms in total. The van der Waals surface area contributed by atoms with Crippen LogP contribution in [-0.4, -0.2) is 34.8 Å². The number of hydrogen-bond donors (Lipinski definition) is 2. The third-order valence-electron chi connectivity index (χ3n) is 5.54. The largest absolute Gasteiger partial charge is 0.479 e. The van der Waals surface area contributed by atoms with Crippen LogP contribution in [0.5, 0.6) is 17.2 Å². The molecule has 0 spiro atoms. The number of carbonyl (C=O) groups excluding carboxylic acids is 2. The number of esters is 1. The van der Waals surface area contributed by atoms with Crippen LogP contribution in [-0.2, 0) is 22.8 Å². The predicted molar refractivity (Wildman–Crippen MR) is 147 cm³/mol. The number of amides is 2. The molecule has 0 unspecified atom stereocenters. The quantitative estimate of drug-likeness (QED) is 0.224. The second-order valence-electron chi connectivity index (χ2n) is 8.68. The average molecular weight is 581 g/mol. The normalized spacial score (nSPS) is 10.8. The molecule has 0 aliphatic carbocycles. The van der Waals surface area contributed by atoms with E-state index in [1.165, 1.54) is 23.9 Å². The van der Waals surface area contributed by atoms with Crippen LogP contribution >= 0.6 is 0 Å². The van der Waals surface area contributed by atoms with E-state index in [-0.39, 0.29) is 35.9 Å². The monoisotopic (exact) mass is 580 g/mol. The van der Waals surface area contributed by atoms with Crippen molar-refractivity contribution < 1.29 is 37.0 Å². The fourth-order valence-electron chi connectivity index (χ4n) is 3.60. The summed E-state index contributed by atoms with van der Waals surface area (Å²) < 4.78 is 57.2. The molecule has 0 radical (unpaired) electrons. The third-order valence-corrected chi connectivity index (χ3v) is 5.54. The predicted octanol–water partition coefficient (Wildman–Crippen LogP) is 5.33. The van der Waals surface area contributed by atoms with E-state index in [0.29, 0.717) is 22.4 Å². The Kier molecular flexibility index (Phi) is 8.96. The highest BCUT2D eigenvalue weighted by atomic mass is 19.4. The van der Waals surface area contributed by atoms with E-state index in [2.05, 4.69) is 32.2 Å². The van der Waals surface area contributed by atoms with Crippen molar-refractivity contribution in [3.05, 3.63) is 82.9 Å². The van der Waals surface area contributed by atoms with Gasteiger partial charge in [0.1, 0.15) is 23.9 Å². The maximum atomic E-state index is 13.3. The van der Waals surface area contributed by atoms with Crippen molar-refractivity contribution in [3.8, 4) is 29.1 Å². The smallest absolute Gasteiger partial charge is 0.416 e. The minimum atomic E-state index is -4.66. The van der Waals surface area contributed by atoms with Gasteiger partial charge in [-0.05, 0) is 48.5 Å². The Labute approximate surface area is 237 Å². The topological polar surface area (TPSA) is 121 Å². The number of hydrogen-bond acceptors (Lipinski definition) is 7. The van der Waals surface area contributed by atoms with Crippen LogP contribution in [0.2, 0.25) is 0 Å². The summed E-state index contributed by atoms with van der Waals surface area (Å²) in [7, 11) is 1.58. The summed E-state index contributed by atoms with van der Waals surface area (Å²) in [5.41, 5.74) is -0.715. The van der Waals surface area contributed by atoms with Gasteiger partial charge in [-0.15, -0.1) is 0 Å². The van der Waals surface area contributed by atoms with Gasteiger partial charge in [-0.3, -0.25) is 9.59 Å². The number of aromatic nitrogens is 2. The van der Waals surface area contributed by atoms with E-state index in [9.17, 15) is 27.6 Å². The first kappa shape index (κ1) is 29.5. The maximum absolute atomic E-state index is 13.3. The maximum Gasteiger partial charge on any atom is 0.416 e. The zero-order valence-electron chi connectivity index (χ0n) is 22.2. The number of alkyl halides is 3. The van der Waals surface area contributed by atoms with Crippen molar-refractivity contribution in [1.82, 2.24) is 9.55 Å². The summed E-state index contributed by atoms with van der Waals surface area (Å²) in [5, 5.41) is 5.26. The van der Waals surface area contributed by atoms with E-state index in [1.54, 1.807) is 43.4 Å². The van der Waals surface area contributed by atoms with Gasteiger partial charge < -0.3 is 29.4 Å². The molecule has 2 N–H and O–H groups in total. The van der Waals surface area contributed by atoms with Crippen LogP contribution in [0.1, 0.15) is 12.5 Å². The Hall–Kier alpha value is -5.51. The summed E-state index contributed by atoms with van der Waals surface area (Å²) in [5.74, 6) is 5.19. The number of nitrogens with one attached hydrogen (secondary N) is 2. The Balaban J connectivity index is 1.46. The number of carbonyl (C=O) groups is 2. The van der Waals surface area contributed by atoms with Gasteiger partial charge in [0.2, 0.25) is 0 Å². The van der Waals surface area contributed by atoms with E-state index >= 15 is 0 Å². The lowest BCUT2D eigenvalue weighted by molar-refractivity contribution is -0.139. The molecule has 0 saturated carbocycles. The van der Waals surface area contributed by atoms with Gasteiger partial charge in [-0.1, -0.05) is 17.9 Å². The lowest BCUT2D eigenvalue weighted by atomic mass is 10.2. The summed E-state index contributed by atoms with van der Waals surface area (Å²) in [6.07, 6.45) is -3.24. The first-order valence-electron chi connectivity index (χ1n) is 12.2. The molecule has 2 amide bonds. The SMILES string of the molecule is CC(=O)OCC#CCOc1ccc(C(F)(F)F)cc1NC(=O)Nc1cccc(Oc2ccc3ncn(C)c(=O)c3c2)c1. The van der Waals surface area contributed by atoms with Crippen LogP contribution in [0.4, 0.5) is 29.3 Å². The van der Waals surface area contributed by atoms with E-state index in [4.69, 9.17) is 9.47 Å². The molecule has 42 heavy (non-hydrogen) atoms. The number of halogens is 3. The fraction of sp³-hybridized carbons (Fsp3) is 0.172. The first-order chi connectivity index (χ1) is 20.0. The lowest BCUT2D eigenvalue weighted by Crippen LogP contribution is -2.20. The molecule has 4 rings (SSSR count).